The first kappa shape index (κ1) is 10.3. The second-order valence-electron chi connectivity index (χ2n) is 3.95. The van der Waals surface area contributed by atoms with Crippen LogP contribution in [0.3, 0.4) is 0 Å². The molecule has 0 unspecified atom stereocenters. The molecule has 0 aliphatic rings. The summed E-state index contributed by atoms with van der Waals surface area (Å²) in [6.45, 7) is 7.61. The van der Waals surface area contributed by atoms with E-state index in [1.807, 2.05) is 6.20 Å². The van der Waals surface area contributed by atoms with Crippen molar-refractivity contribution in [2.45, 2.75) is 39.2 Å². The lowest BCUT2D eigenvalue weighted by Crippen LogP contribution is -2.39. The van der Waals surface area contributed by atoms with Gasteiger partial charge in [0.25, 0.3) is 0 Å². The molecular weight excluding hydrogens is 162 g/mol. The molecule has 13 heavy (non-hydrogen) atoms. The number of hydrogen-bond donors (Lipinski definition) is 2. The first-order chi connectivity index (χ1) is 6.14. The van der Waals surface area contributed by atoms with E-state index in [0.29, 0.717) is 0 Å². The number of nitrogens with zero attached hydrogens (tertiary/aromatic N) is 1. The first-order valence-electron chi connectivity index (χ1n) is 4.87. The van der Waals surface area contributed by atoms with E-state index in [-0.39, 0.29) is 5.54 Å². The van der Waals surface area contributed by atoms with Gasteiger partial charge in [0.05, 0.1) is 0 Å². The standard InChI is InChI=1S/C10H19N3/c1-4-10(2,3)13-6-5-9-11-7-8-12-9/h7-8,13H,4-6H2,1-3H3,(H,11,12). The number of aromatic nitrogens is 2. The normalized spacial score (nSPS) is 11.9. The number of imidazole rings is 1. The zero-order valence-corrected chi connectivity index (χ0v) is 8.72. The molecule has 3 nitrogen and oxygen atoms in total. The summed E-state index contributed by atoms with van der Waals surface area (Å²) in [4.78, 5) is 7.26. The summed E-state index contributed by atoms with van der Waals surface area (Å²) in [6.07, 6.45) is 5.77. The summed E-state index contributed by atoms with van der Waals surface area (Å²) >= 11 is 0. The summed E-state index contributed by atoms with van der Waals surface area (Å²) in [5, 5.41) is 3.49. The highest BCUT2D eigenvalue weighted by Gasteiger charge is 2.12. The molecule has 0 spiro atoms. The minimum Gasteiger partial charge on any atom is -0.349 e. The van der Waals surface area contributed by atoms with E-state index in [1.54, 1.807) is 6.20 Å². The van der Waals surface area contributed by atoms with E-state index in [9.17, 15) is 0 Å². The van der Waals surface area contributed by atoms with Crippen LogP contribution in [0.5, 0.6) is 0 Å². The molecule has 1 heterocycles. The highest BCUT2D eigenvalue weighted by molar-refractivity contribution is 4.88. The molecule has 0 saturated heterocycles. The maximum atomic E-state index is 4.17. The predicted molar refractivity (Wildman–Crippen MR) is 54.7 cm³/mol. The highest BCUT2D eigenvalue weighted by atomic mass is 15.0. The Labute approximate surface area is 80.0 Å². The van der Waals surface area contributed by atoms with E-state index in [2.05, 4.69) is 36.1 Å². The second kappa shape index (κ2) is 4.42. The molecule has 0 atom stereocenters. The molecule has 1 rings (SSSR count). The SMILES string of the molecule is CCC(C)(C)NCCc1ncc[nH]1. The van der Waals surface area contributed by atoms with Gasteiger partial charge in [0, 0.05) is 30.9 Å². The molecule has 0 fully saturated rings. The molecule has 2 N–H and O–H groups in total. The fourth-order valence-corrected chi connectivity index (χ4v) is 1.08. The molecular formula is C10H19N3. The molecule has 3 heteroatoms. The van der Waals surface area contributed by atoms with Gasteiger partial charge >= 0.3 is 0 Å². The monoisotopic (exact) mass is 181 g/mol. The van der Waals surface area contributed by atoms with Crippen molar-refractivity contribution >= 4 is 0 Å². The molecule has 0 aliphatic carbocycles. The van der Waals surface area contributed by atoms with Gasteiger partial charge in [-0.25, -0.2) is 4.98 Å². The summed E-state index contributed by atoms with van der Waals surface area (Å²) in [5.74, 6) is 1.06. The van der Waals surface area contributed by atoms with Crippen LogP contribution in [-0.2, 0) is 6.42 Å². The minimum atomic E-state index is 0.243. The van der Waals surface area contributed by atoms with Crippen molar-refractivity contribution < 1.29 is 0 Å². The molecule has 0 aromatic carbocycles. The Morgan fingerprint density at radius 2 is 2.31 bits per heavy atom. The number of aromatic amines is 1. The third-order valence-electron chi connectivity index (χ3n) is 2.40. The van der Waals surface area contributed by atoms with Gasteiger partial charge in [-0.05, 0) is 20.3 Å². The minimum absolute atomic E-state index is 0.243. The van der Waals surface area contributed by atoms with Crippen LogP contribution < -0.4 is 5.32 Å². The van der Waals surface area contributed by atoms with Crippen molar-refractivity contribution in [1.29, 1.82) is 0 Å². The molecule has 1 aromatic heterocycles. The molecule has 0 bridgehead atoms. The van der Waals surface area contributed by atoms with Crippen LogP contribution in [0.15, 0.2) is 12.4 Å². The maximum Gasteiger partial charge on any atom is 0.107 e. The third kappa shape index (κ3) is 3.59. The van der Waals surface area contributed by atoms with E-state index >= 15 is 0 Å². The average Bonchev–Trinajstić information content (AvgIpc) is 2.57. The van der Waals surface area contributed by atoms with Crippen molar-refractivity contribution in [3.63, 3.8) is 0 Å². The molecule has 0 amide bonds. The number of nitrogens with one attached hydrogen (secondary N) is 2. The van der Waals surface area contributed by atoms with Crippen LogP contribution in [0.25, 0.3) is 0 Å². The van der Waals surface area contributed by atoms with Crippen molar-refractivity contribution in [3.05, 3.63) is 18.2 Å². The van der Waals surface area contributed by atoms with Crippen molar-refractivity contribution in [2.75, 3.05) is 6.54 Å². The van der Waals surface area contributed by atoms with Gasteiger partial charge in [-0.3, -0.25) is 0 Å². The van der Waals surface area contributed by atoms with Crippen LogP contribution in [0.1, 0.15) is 33.0 Å². The highest BCUT2D eigenvalue weighted by Crippen LogP contribution is 2.06. The van der Waals surface area contributed by atoms with Gasteiger partial charge in [0.15, 0.2) is 0 Å². The Bertz CT molecular complexity index is 226. The predicted octanol–water partition coefficient (Wildman–Crippen LogP) is 1.73. The number of rotatable bonds is 5. The summed E-state index contributed by atoms with van der Waals surface area (Å²) in [5.41, 5.74) is 0.243. The molecule has 0 radical (unpaired) electrons. The quantitative estimate of drug-likeness (QED) is 0.726. The lowest BCUT2D eigenvalue weighted by Gasteiger charge is -2.24. The zero-order valence-electron chi connectivity index (χ0n) is 8.72. The van der Waals surface area contributed by atoms with Gasteiger partial charge in [-0.15, -0.1) is 0 Å². The fourth-order valence-electron chi connectivity index (χ4n) is 1.08. The van der Waals surface area contributed by atoms with Crippen LogP contribution in [0.4, 0.5) is 0 Å². The molecule has 1 aromatic rings. The largest absolute Gasteiger partial charge is 0.349 e. The summed E-state index contributed by atoms with van der Waals surface area (Å²) in [6, 6.07) is 0. The topological polar surface area (TPSA) is 40.7 Å². The van der Waals surface area contributed by atoms with Crippen LogP contribution in [0, 0.1) is 0 Å². The third-order valence-corrected chi connectivity index (χ3v) is 2.40. The molecule has 74 valence electrons. The van der Waals surface area contributed by atoms with Crippen molar-refractivity contribution in [3.8, 4) is 0 Å². The van der Waals surface area contributed by atoms with Gasteiger partial charge in [-0.2, -0.15) is 0 Å². The van der Waals surface area contributed by atoms with Gasteiger partial charge in [0.2, 0.25) is 0 Å². The Balaban J connectivity index is 2.21. The van der Waals surface area contributed by atoms with E-state index < -0.39 is 0 Å². The Morgan fingerprint density at radius 3 is 2.85 bits per heavy atom. The van der Waals surface area contributed by atoms with E-state index in [1.165, 1.54) is 0 Å². The Kier molecular flexibility index (Phi) is 3.48. The van der Waals surface area contributed by atoms with E-state index in [0.717, 1.165) is 25.2 Å². The van der Waals surface area contributed by atoms with Crippen LogP contribution in [-0.4, -0.2) is 22.1 Å². The number of hydrogen-bond acceptors (Lipinski definition) is 2. The average molecular weight is 181 g/mol. The van der Waals surface area contributed by atoms with E-state index in [4.69, 9.17) is 0 Å². The summed E-state index contributed by atoms with van der Waals surface area (Å²) in [7, 11) is 0. The first-order valence-corrected chi connectivity index (χ1v) is 4.87. The maximum absolute atomic E-state index is 4.17. The zero-order chi connectivity index (χ0) is 9.73. The van der Waals surface area contributed by atoms with Crippen molar-refractivity contribution in [1.82, 2.24) is 15.3 Å². The van der Waals surface area contributed by atoms with Gasteiger partial charge in [-0.1, -0.05) is 6.92 Å². The van der Waals surface area contributed by atoms with Gasteiger partial charge in [0.1, 0.15) is 5.82 Å². The molecule has 0 aliphatic heterocycles. The Hall–Kier alpha value is -0.830. The Morgan fingerprint density at radius 1 is 1.54 bits per heavy atom. The fraction of sp³-hybridized carbons (Fsp3) is 0.700. The summed E-state index contributed by atoms with van der Waals surface area (Å²) < 4.78 is 0. The van der Waals surface area contributed by atoms with Crippen molar-refractivity contribution in [2.24, 2.45) is 0 Å². The van der Waals surface area contributed by atoms with Crippen LogP contribution in [0.2, 0.25) is 0 Å². The smallest absolute Gasteiger partial charge is 0.107 e. The van der Waals surface area contributed by atoms with Crippen LogP contribution >= 0.6 is 0 Å². The molecule has 0 saturated carbocycles. The lowest BCUT2D eigenvalue weighted by atomic mass is 10.0. The second-order valence-corrected chi connectivity index (χ2v) is 3.95. The lowest BCUT2D eigenvalue weighted by molar-refractivity contribution is 0.378. The van der Waals surface area contributed by atoms with Gasteiger partial charge < -0.3 is 10.3 Å². The number of H-pyrrole nitrogens is 1.